The van der Waals surface area contributed by atoms with Gasteiger partial charge in [0.25, 0.3) is 5.91 Å². The fraction of sp³-hybridized carbons (Fsp3) is 0.278. The van der Waals surface area contributed by atoms with Crippen molar-refractivity contribution in [2.75, 3.05) is 13.1 Å². The second kappa shape index (κ2) is 6.20. The predicted octanol–water partition coefficient (Wildman–Crippen LogP) is 3.40. The minimum absolute atomic E-state index is 0.124. The molecule has 0 bridgehead atoms. The highest BCUT2D eigenvalue weighted by atomic mass is 32.1. The molecule has 122 valence electrons. The number of aryl methyl sites for hydroxylation is 1. The number of carbonyl (C=O) groups is 1. The molecule has 2 aromatic heterocycles. The molecule has 0 spiro atoms. The van der Waals surface area contributed by atoms with Crippen molar-refractivity contribution in [1.29, 1.82) is 0 Å². The molecule has 1 aliphatic heterocycles. The van der Waals surface area contributed by atoms with Gasteiger partial charge in [0.1, 0.15) is 5.69 Å². The summed E-state index contributed by atoms with van der Waals surface area (Å²) >= 11 is 1.52. The molecule has 24 heavy (non-hydrogen) atoms. The van der Waals surface area contributed by atoms with Gasteiger partial charge in [0.15, 0.2) is 0 Å². The molecule has 1 aliphatic rings. The number of amides is 1. The first-order chi connectivity index (χ1) is 11.7. The van der Waals surface area contributed by atoms with Crippen LogP contribution in [0.25, 0.3) is 11.3 Å². The van der Waals surface area contributed by atoms with Crippen LogP contribution in [-0.4, -0.2) is 38.9 Å². The Hall–Kier alpha value is -2.47. The Morgan fingerprint density at radius 2 is 2.12 bits per heavy atom. The van der Waals surface area contributed by atoms with E-state index in [4.69, 9.17) is 0 Å². The first kappa shape index (κ1) is 15.1. The van der Waals surface area contributed by atoms with Gasteiger partial charge in [-0.1, -0.05) is 35.5 Å². The predicted molar refractivity (Wildman–Crippen MR) is 94.1 cm³/mol. The third-order valence-electron chi connectivity index (χ3n) is 4.35. The zero-order chi connectivity index (χ0) is 16.5. The zero-order valence-corrected chi connectivity index (χ0v) is 14.2. The van der Waals surface area contributed by atoms with E-state index in [0.717, 1.165) is 34.7 Å². The van der Waals surface area contributed by atoms with Gasteiger partial charge >= 0.3 is 0 Å². The van der Waals surface area contributed by atoms with Gasteiger partial charge in [-0.2, -0.15) is 0 Å². The van der Waals surface area contributed by atoms with Gasteiger partial charge in [-0.25, -0.2) is 4.68 Å². The molecule has 4 rings (SSSR count). The zero-order valence-electron chi connectivity index (χ0n) is 13.4. The van der Waals surface area contributed by atoms with Crippen LogP contribution in [0.3, 0.4) is 0 Å². The molecule has 0 radical (unpaired) electrons. The fourth-order valence-corrected chi connectivity index (χ4v) is 3.90. The lowest BCUT2D eigenvalue weighted by Gasteiger charge is -2.15. The van der Waals surface area contributed by atoms with Crippen LogP contribution in [-0.2, 0) is 0 Å². The van der Waals surface area contributed by atoms with E-state index in [0.29, 0.717) is 6.54 Å². The quantitative estimate of drug-likeness (QED) is 0.735. The number of carbonyl (C=O) groups excluding carboxylic acids is 1. The van der Waals surface area contributed by atoms with Crippen molar-refractivity contribution in [1.82, 2.24) is 19.9 Å². The van der Waals surface area contributed by atoms with Crippen molar-refractivity contribution >= 4 is 17.2 Å². The Balaban J connectivity index is 1.47. The molecule has 3 heterocycles. The van der Waals surface area contributed by atoms with Crippen LogP contribution in [0.5, 0.6) is 0 Å². The summed E-state index contributed by atoms with van der Waals surface area (Å²) in [6.07, 6.45) is 2.89. The highest BCUT2D eigenvalue weighted by Crippen LogP contribution is 2.26. The molecule has 1 aromatic carbocycles. The summed E-state index contributed by atoms with van der Waals surface area (Å²) in [6, 6.07) is 12.2. The number of rotatable bonds is 3. The van der Waals surface area contributed by atoms with Crippen LogP contribution in [0.4, 0.5) is 0 Å². The Kier molecular flexibility index (Phi) is 3.90. The maximum atomic E-state index is 12.6. The van der Waals surface area contributed by atoms with Gasteiger partial charge in [0.05, 0.1) is 17.1 Å². The average Bonchev–Trinajstić information content (AvgIpc) is 3.35. The molecule has 0 aliphatic carbocycles. The highest BCUT2D eigenvalue weighted by Gasteiger charge is 2.29. The maximum absolute atomic E-state index is 12.6. The van der Waals surface area contributed by atoms with Crippen LogP contribution in [0.15, 0.2) is 48.0 Å². The van der Waals surface area contributed by atoms with E-state index in [-0.39, 0.29) is 11.9 Å². The molecular weight excluding hydrogens is 320 g/mol. The van der Waals surface area contributed by atoms with E-state index in [1.165, 1.54) is 11.3 Å². The Morgan fingerprint density at radius 3 is 2.88 bits per heavy atom. The highest BCUT2D eigenvalue weighted by molar-refractivity contribution is 7.12. The van der Waals surface area contributed by atoms with Gasteiger partial charge in [-0.3, -0.25) is 4.79 Å². The lowest BCUT2D eigenvalue weighted by atomic mass is 10.2. The number of thiophene rings is 1. The number of hydrogen-bond acceptors (Lipinski definition) is 4. The third-order valence-corrected chi connectivity index (χ3v) is 5.38. The smallest absolute Gasteiger partial charge is 0.264 e. The molecule has 1 atom stereocenters. The van der Waals surface area contributed by atoms with Crippen LogP contribution in [0.2, 0.25) is 0 Å². The van der Waals surface area contributed by atoms with E-state index in [9.17, 15) is 4.79 Å². The van der Waals surface area contributed by atoms with E-state index in [1.54, 1.807) is 0 Å². The molecule has 3 aromatic rings. The fourth-order valence-electron chi connectivity index (χ4n) is 3.04. The number of benzene rings is 1. The number of aromatic nitrogens is 3. The number of hydrogen-bond donors (Lipinski definition) is 0. The first-order valence-electron chi connectivity index (χ1n) is 8.02. The van der Waals surface area contributed by atoms with Crippen molar-refractivity contribution in [3.8, 4) is 11.3 Å². The van der Waals surface area contributed by atoms with Crippen molar-refractivity contribution in [2.24, 2.45) is 0 Å². The van der Waals surface area contributed by atoms with Crippen molar-refractivity contribution in [2.45, 2.75) is 19.4 Å². The van der Waals surface area contributed by atoms with Crippen LogP contribution < -0.4 is 0 Å². The van der Waals surface area contributed by atoms with E-state index >= 15 is 0 Å². The Labute approximate surface area is 144 Å². The summed E-state index contributed by atoms with van der Waals surface area (Å²) in [5.74, 6) is 0.124. The molecule has 5 nitrogen and oxygen atoms in total. The van der Waals surface area contributed by atoms with Gasteiger partial charge in [-0.05, 0) is 30.4 Å². The van der Waals surface area contributed by atoms with Crippen LogP contribution >= 0.6 is 11.3 Å². The van der Waals surface area contributed by atoms with Gasteiger partial charge in [0, 0.05) is 18.7 Å². The molecule has 1 saturated heterocycles. The summed E-state index contributed by atoms with van der Waals surface area (Å²) in [7, 11) is 0. The number of likely N-dealkylation sites (tertiary alicyclic amines) is 1. The first-order valence-corrected chi connectivity index (χ1v) is 8.90. The molecule has 0 unspecified atom stereocenters. The summed E-state index contributed by atoms with van der Waals surface area (Å²) in [4.78, 5) is 15.3. The van der Waals surface area contributed by atoms with E-state index in [1.807, 2.05) is 64.5 Å². The largest absolute Gasteiger partial charge is 0.336 e. The minimum Gasteiger partial charge on any atom is -0.336 e. The minimum atomic E-state index is 0.124. The van der Waals surface area contributed by atoms with Crippen LogP contribution in [0.1, 0.15) is 27.7 Å². The second-order valence-electron chi connectivity index (χ2n) is 6.13. The lowest BCUT2D eigenvalue weighted by Crippen LogP contribution is -2.28. The van der Waals surface area contributed by atoms with Gasteiger partial charge < -0.3 is 4.90 Å². The van der Waals surface area contributed by atoms with E-state index in [2.05, 4.69) is 10.3 Å². The topological polar surface area (TPSA) is 51.0 Å². The molecule has 6 heteroatoms. The summed E-state index contributed by atoms with van der Waals surface area (Å²) in [6.45, 7) is 3.47. The number of nitrogens with zero attached hydrogens (tertiary/aromatic N) is 4. The maximum Gasteiger partial charge on any atom is 0.264 e. The average molecular weight is 338 g/mol. The van der Waals surface area contributed by atoms with Crippen molar-refractivity contribution < 1.29 is 4.79 Å². The molecule has 0 saturated carbocycles. The molecular formula is C18H18N4OS. The third kappa shape index (κ3) is 2.85. The van der Waals surface area contributed by atoms with E-state index < -0.39 is 0 Å². The summed E-state index contributed by atoms with van der Waals surface area (Å²) < 4.78 is 1.90. The van der Waals surface area contributed by atoms with Crippen LogP contribution in [0, 0.1) is 6.92 Å². The SMILES string of the molecule is Cc1csc(C(=O)N2CC[C@H](n3cc(-c4ccccc4)nn3)C2)c1. The second-order valence-corrected chi connectivity index (χ2v) is 7.04. The van der Waals surface area contributed by atoms with Gasteiger partial charge in [-0.15, -0.1) is 16.4 Å². The summed E-state index contributed by atoms with van der Waals surface area (Å²) in [5, 5.41) is 10.6. The molecule has 1 amide bonds. The monoisotopic (exact) mass is 338 g/mol. The molecule has 1 fully saturated rings. The normalized spacial score (nSPS) is 17.4. The summed E-state index contributed by atoms with van der Waals surface area (Å²) in [5.41, 5.74) is 3.07. The standard InChI is InChI=1S/C18H18N4OS/c1-13-9-17(24-12-13)18(23)21-8-7-15(10-21)22-11-16(19-20-22)14-5-3-2-4-6-14/h2-6,9,11-12,15H,7-8,10H2,1H3/t15-/m0/s1. The van der Waals surface area contributed by atoms with Gasteiger partial charge in [0.2, 0.25) is 0 Å². The Bertz CT molecular complexity index is 855. The molecule has 0 N–H and O–H groups in total. The lowest BCUT2D eigenvalue weighted by molar-refractivity contribution is 0.0791. The Morgan fingerprint density at radius 1 is 1.29 bits per heavy atom. The van der Waals surface area contributed by atoms with Crippen molar-refractivity contribution in [3.05, 3.63) is 58.4 Å². The van der Waals surface area contributed by atoms with Crippen molar-refractivity contribution in [3.63, 3.8) is 0 Å².